The number of hydrogen-bond donors (Lipinski definition) is 0. The maximum atomic E-state index is 12.4. The molecule has 0 amide bonds. The van der Waals surface area contributed by atoms with Gasteiger partial charge in [0.15, 0.2) is 0 Å². The number of benzene rings is 1. The first kappa shape index (κ1) is 11.1. The molecule has 0 spiro atoms. The molecule has 0 saturated heterocycles. The molecule has 0 nitrogen and oxygen atoms in total. The van der Waals surface area contributed by atoms with Crippen LogP contribution in [0.4, 0.5) is 4.39 Å². The standard InChI is InChI=1S/C9H7Cl3F/c1-5(4-13)8-6(10)2-3-7(11)9(8)12/h2-3H,4H2,1H3. The fraction of sp³-hybridized carbons (Fsp3) is 0.222. The summed E-state index contributed by atoms with van der Waals surface area (Å²) in [6.07, 6.45) is 0. The smallest absolute Gasteiger partial charge is 0.0998 e. The van der Waals surface area contributed by atoms with Gasteiger partial charge in [0, 0.05) is 16.5 Å². The van der Waals surface area contributed by atoms with Crippen LogP contribution in [-0.2, 0) is 0 Å². The highest BCUT2D eigenvalue weighted by Gasteiger charge is 2.16. The summed E-state index contributed by atoms with van der Waals surface area (Å²) in [6, 6.07) is 3.19. The predicted molar refractivity (Wildman–Crippen MR) is 55.5 cm³/mol. The SMILES string of the molecule is C[C](CF)c1c(Cl)ccc(Cl)c1Cl. The summed E-state index contributed by atoms with van der Waals surface area (Å²) in [4.78, 5) is 0. The molecule has 0 aliphatic heterocycles. The van der Waals surface area contributed by atoms with Crippen LogP contribution in [0, 0.1) is 5.92 Å². The second kappa shape index (κ2) is 4.50. The molecule has 0 bridgehead atoms. The van der Waals surface area contributed by atoms with Crippen LogP contribution in [0.2, 0.25) is 15.1 Å². The molecule has 0 fully saturated rings. The molecule has 1 aromatic carbocycles. The summed E-state index contributed by atoms with van der Waals surface area (Å²) >= 11 is 17.5. The summed E-state index contributed by atoms with van der Waals surface area (Å²) in [7, 11) is 0. The zero-order valence-electron chi connectivity index (χ0n) is 6.87. The van der Waals surface area contributed by atoms with Crippen molar-refractivity contribution in [2.75, 3.05) is 6.67 Å². The Morgan fingerprint density at radius 3 is 2.31 bits per heavy atom. The van der Waals surface area contributed by atoms with Gasteiger partial charge in [0.1, 0.15) is 0 Å². The van der Waals surface area contributed by atoms with E-state index in [1.54, 1.807) is 19.1 Å². The predicted octanol–water partition coefficient (Wildman–Crippen LogP) is 4.56. The van der Waals surface area contributed by atoms with Gasteiger partial charge in [-0.1, -0.05) is 41.7 Å². The van der Waals surface area contributed by atoms with E-state index in [-0.39, 0.29) is 0 Å². The largest absolute Gasteiger partial charge is 0.250 e. The highest BCUT2D eigenvalue weighted by Crippen LogP contribution is 2.35. The molecule has 0 aliphatic carbocycles. The average Bonchev–Trinajstić information content (AvgIpc) is 2.12. The van der Waals surface area contributed by atoms with Gasteiger partial charge >= 0.3 is 0 Å². The lowest BCUT2D eigenvalue weighted by molar-refractivity contribution is 0.516. The van der Waals surface area contributed by atoms with Gasteiger partial charge in [0.25, 0.3) is 0 Å². The van der Waals surface area contributed by atoms with Crippen LogP contribution in [0.25, 0.3) is 0 Å². The Kier molecular flexibility index (Phi) is 3.84. The molecule has 0 aliphatic rings. The van der Waals surface area contributed by atoms with Crippen molar-refractivity contribution in [3.05, 3.63) is 38.7 Å². The lowest BCUT2D eigenvalue weighted by Gasteiger charge is -2.11. The van der Waals surface area contributed by atoms with Crippen molar-refractivity contribution in [3.63, 3.8) is 0 Å². The first-order valence-corrected chi connectivity index (χ1v) is 4.73. The minimum atomic E-state index is -0.584. The molecule has 13 heavy (non-hydrogen) atoms. The van der Waals surface area contributed by atoms with E-state index in [1.807, 2.05) is 0 Å². The van der Waals surface area contributed by atoms with Crippen LogP contribution in [0.3, 0.4) is 0 Å². The first-order chi connectivity index (χ1) is 6.07. The van der Waals surface area contributed by atoms with Crippen LogP contribution >= 0.6 is 34.8 Å². The van der Waals surface area contributed by atoms with E-state index in [1.165, 1.54) is 0 Å². The third-order valence-electron chi connectivity index (χ3n) is 1.67. The normalized spacial score (nSPS) is 10.9. The van der Waals surface area contributed by atoms with Crippen molar-refractivity contribution < 1.29 is 4.39 Å². The summed E-state index contributed by atoms with van der Waals surface area (Å²) in [5, 5.41) is 1.11. The Morgan fingerprint density at radius 1 is 1.23 bits per heavy atom. The quantitative estimate of drug-likeness (QED) is 0.665. The molecule has 4 heteroatoms. The van der Waals surface area contributed by atoms with E-state index >= 15 is 0 Å². The minimum absolute atomic E-state index is 0.310. The Hall–Kier alpha value is 0.0200. The Labute approximate surface area is 91.6 Å². The van der Waals surface area contributed by atoms with E-state index in [0.717, 1.165) is 0 Å². The van der Waals surface area contributed by atoms with E-state index in [2.05, 4.69) is 0 Å². The molecular formula is C9H7Cl3F. The van der Waals surface area contributed by atoms with Gasteiger partial charge in [0.2, 0.25) is 0 Å². The minimum Gasteiger partial charge on any atom is -0.250 e. The molecule has 0 N–H and O–H groups in total. The third kappa shape index (κ3) is 2.28. The zero-order chi connectivity index (χ0) is 10.0. The van der Waals surface area contributed by atoms with Gasteiger partial charge < -0.3 is 0 Å². The van der Waals surface area contributed by atoms with Crippen molar-refractivity contribution in [3.8, 4) is 0 Å². The fourth-order valence-electron chi connectivity index (χ4n) is 0.985. The monoisotopic (exact) mass is 239 g/mol. The van der Waals surface area contributed by atoms with Crippen LogP contribution < -0.4 is 0 Å². The highest BCUT2D eigenvalue weighted by molar-refractivity contribution is 6.44. The van der Waals surface area contributed by atoms with Gasteiger partial charge in [0.05, 0.1) is 16.7 Å². The maximum absolute atomic E-state index is 12.4. The second-order valence-electron chi connectivity index (χ2n) is 2.63. The first-order valence-electron chi connectivity index (χ1n) is 3.60. The van der Waals surface area contributed by atoms with Crippen LogP contribution in [-0.4, -0.2) is 6.67 Å². The molecule has 71 valence electrons. The molecule has 0 atom stereocenters. The van der Waals surface area contributed by atoms with Gasteiger partial charge in [-0.05, 0) is 12.1 Å². The lowest BCUT2D eigenvalue weighted by Crippen LogP contribution is -1.99. The van der Waals surface area contributed by atoms with Crippen molar-refractivity contribution in [1.82, 2.24) is 0 Å². The van der Waals surface area contributed by atoms with Crippen LogP contribution in [0.1, 0.15) is 12.5 Å². The summed E-state index contributed by atoms with van der Waals surface area (Å²) in [5.41, 5.74) is 0.498. The van der Waals surface area contributed by atoms with Gasteiger partial charge in [-0.2, -0.15) is 0 Å². The molecule has 0 unspecified atom stereocenters. The number of hydrogen-bond acceptors (Lipinski definition) is 0. The highest BCUT2D eigenvalue weighted by atomic mass is 35.5. The summed E-state index contributed by atoms with van der Waals surface area (Å²) < 4.78 is 12.4. The molecule has 1 rings (SSSR count). The zero-order valence-corrected chi connectivity index (χ0v) is 9.14. The van der Waals surface area contributed by atoms with E-state index in [4.69, 9.17) is 34.8 Å². The number of halogens is 4. The maximum Gasteiger partial charge on any atom is 0.0998 e. The van der Waals surface area contributed by atoms with Crippen LogP contribution in [0.15, 0.2) is 12.1 Å². The molecular weight excluding hydrogens is 233 g/mol. The Balaban J connectivity index is 3.25. The fourth-order valence-corrected chi connectivity index (χ4v) is 1.84. The second-order valence-corrected chi connectivity index (χ2v) is 3.82. The summed E-state index contributed by atoms with van der Waals surface area (Å²) in [5.74, 6) is 0.484. The van der Waals surface area contributed by atoms with Crippen molar-refractivity contribution >= 4 is 34.8 Å². The van der Waals surface area contributed by atoms with Gasteiger partial charge in [-0.25, -0.2) is 0 Å². The molecule has 0 heterocycles. The molecule has 1 radical (unpaired) electrons. The molecule has 0 saturated carbocycles. The summed E-state index contributed by atoms with van der Waals surface area (Å²) in [6.45, 7) is 1.04. The van der Waals surface area contributed by atoms with Gasteiger partial charge in [-0.15, -0.1) is 0 Å². The third-order valence-corrected chi connectivity index (χ3v) is 2.79. The molecule has 0 aromatic heterocycles. The number of rotatable bonds is 2. The average molecular weight is 241 g/mol. The van der Waals surface area contributed by atoms with Crippen LogP contribution in [0.5, 0.6) is 0 Å². The van der Waals surface area contributed by atoms with E-state index < -0.39 is 6.67 Å². The van der Waals surface area contributed by atoms with Crippen molar-refractivity contribution in [2.24, 2.45) is 0 Å². The van der Waals surface area contributed by atoms with Crippen molar-refractivity contribution in [2.45, 2.75) is 6.92 Å². The lowest BCUT2D eigenvalue weighted by atomic mass is 10.0. The van der Waals surface area contributed by atoms with Gasteiger partial charge in [-0.3, -0.25) is 4.39 Å². The molecule has 1 aromatic rings. The Morgan fingerprint density at radius 2 is 1.77 bits per heavy atom. The number of alkyl halides is 1. The van der Waals surface area contributed by atoms with E-state index in [0.29, 0.717) is 26.5 Å². The van der Waals surface area contributed by atoms with E-state index in [9.17, 15) is 4.39 Å². The Bertz CT molecular complexity index is 312. The topological polar surface area (TPSA) is 0 Å². The van der Waals surface area contributed by atoms with Crippen molar-refractivity contribution in [1.29, 1.82) is 0 Å².